The Bertz CT molecular complexity index is 433. The van der Waals surface area contributed by atoms with E-state index < -0.39 is 17.7 Å². The highest BCUT2D eigenvalue weighted by Crippen LogP contribution is 2.29. The van der Waals surface area contributed by atoms with Gasteiger partial charge in [-0.25, -0.2) is 4.79 Å². The van der Waals surface area contributed by atoms with Crippen LogP contribution < -0.4 is 0 Å². The lowest BCUT2D eigenvalue weighted by Crippen LogP contribution is -2.04. The van der Waals surface area contributed by atoms with Crippen LogP contribution in [0.15, 0.2) is 30.3 Å². The molecule has 0 aliphatic heterocycles. The number of hydrogen-bond acceptors (Lipinski definition) is 2. The van der Waals surface area contributed by atoms with Crippen molar-refractivity contribution in [1.29, 1.82) is 0 Å². The van der Waals surface area contributed by atoms with E-state index in [0.29, 0.717) is 12.2 Å². The maximum atomic E-state index is 12.3. The smallest absolute Gasteiger partial charge is 0.416 e. The fraction of sp³-hybridized carbons (Fsp3) is 0.357. The third-order valence-corrected chi connectivity index (χ3v) is 2.39. The van der Waals surface area contributed by atoms with Gasteiger partial charge in [0.1, 0.15) is 0 Å². The van der Waals surface area contributed by atoms with Gasteiger partial charge in [0.15, 0.2) is 0 Å². The second kappa shape index (κ2) is 6.97. The highest BCUT2D eigenvalue weighted by Gasteiger charge is 2.29. The molecule has 2 nitrogen and oxygen atoms in total. The molecule has 1 rings (SSSR count). The zero-order valence-electron chi connectivity index (χ0n) is 10.5. The van der Waals surface area contributed by atoms with Crippen LogP contribution in [-0.2, 0) is 15.7 Å². The van der Waals surface area contributed by atoms with E-state index in [4.69, 9.17) is 4.74 Å². The second-order valence-corrected chi connectivity index (χ2v) is 3.97. The molecule has 0 amide bonds. The first-order valence-corrected chi connectivity index (χ1v) is 5.95. The largest absolute Gasteiger partial charge is 0.463 e. The Balaban J connectivity index is 2.55. The van der Waals surface area contributed by atoms with Gasteiger partial charge < -0.3 is 4.74 Å². The molecule has 0 saturated carbocycles. The topological polar surface area (TPSA) is 26.3 Å². The average Bonchev–Trinajstić information content (AvgIpc) is 2.36. The molecule has 0 aliphatic carbocycles. The van der Waals surface area contributed by atoms with E-state index in [1.54, 1.807) is 0 Å². The van der Waals surface area contributed by atoms with E-state index in [1.165, 1.54) is 24.3 Å². The third-order valence-electron chi connectivity index (χ3n) is 2.39. The number of esters is 1. The second-order valence-electron chi connectivity index (χ2n) is 3.97. The lowest BCUT2D eigenvalue weighted by atomic mass is 10.1. The molecule has 1 aromatic rings. The van der Waals surface area contributed by atoms with Gasteiger partial charge in [-0.2, -0.15) is 13.2 Å². The summed E-state index contributed by atoms with van der Waals surface area (Å²) in [4.78, 5) is 11.2. The van der Waals surface area contributed by atoms with Crippen molar-refractivity contribution in [2.24, 2.45) is 0 Å². The summed E-state index contributed by atoms with van der Waals surface area (Å²) >= 11 is 0. The van der Waals surface area contributed by atoms with Crippen LogP contribution in [0.25, 0.3) is 6.08 Å². The molecule has 0 unspecified atom stereocenters. The molecule has 0 aliphatic rings. The summed E-state index contributed by atoms with van der Waals surface area (Å²) in [5, 5.41) is 0. The molecule has 0 heterocycles. The van der Waals surface area contributed by atoms with Crippen LogP contribution in [0.1, 0.15) is 30.9 Å². The van der Waals surface area contributed by atoms with Crippen molar-refractivity contribution >= 4 is 12.0 Å². The van der Waals surface area contributed by atoms with Gasteiger partial charge in [0.25, 0.3) is 0 Å². The van der Waals surface area contributed by atoms with Gasteiger partial charge in [-0.1, -0.05) is 25.5 Å². The number of halogens is 3. The third kappa shape index (κ3) is 5.59. The number of alkyl halides is 3. The molecule has 104 valence electrons. The van der Waals surface area contributed by atoms with Crippen LogP contribution in [-0.4, -0.2) is 12.6 Å². The minimum atomic E-state index is -4.35. The molecule has 0 spiro atoms. The van der Waals surface area contributed by atoms with Crippen LogP contribution in [0.3, 0.4) is 0 Å². The lowest BCUT2D eigenvalue weighted by molar-refractivity contribution is -0.138. The summed E-state index contributed by atoms with van der Waals surface area (Å²) in [5.41, 5.74) is -0.199. The maximum absolute atomic E-state index is 12.3. The Morgan fingerprint density at radius 2 is 1.89 bits per heavy atom. The quantitative estimate of drug-likeness (QED) is 0.459. The number of carbonyl (C=O) groups excluding carboxylic acids is 1. The Morgan fingerprint density at radius 3 is 2.42 bits per heavy atom. The Labute approximate surface area is 109 Å². The molecular weight excluding hydrogens is 257 g/mol. The number of rotatable bonds is 5. The summed E-state index contributed by atoms with van der Waals surface area (Å²) < 4.78 is 41.8. The number of ether oxygens (including phenoxy) is 1. The van der Waals surface area contributed by atoms with Crippen LogP contribution in [0.5, 0.6) is 0 Å². The SMILES string of the molecule is CCCCOC(=O)C=Cc1ccc(C(F)(F)F)cc1. The average molecular weight is 272 g/mol. The van der Waals surface area contributed by atoms with E-state index in [1.807, 2.05) is 6.92 Å². The first-order chi connectivity index (χ1) is 8.93. The molecule has 1 aromatic carbocycles. The van der Waals surface area contributed by atoms with Crippen molar-refractivity contribution in [3.63, 3.8) is 0 Å². The zero-order chi connectivity index (χ0) is 14.3. The minimum absolute atomic E-state index is 0.354. The summed E-state index contributed by atoms with van der Waals surface area (Å²) in [6, 6.07) is 4.56. The van der Waals surface area contributed by atoms with E-state index >= 15 is 0 Å². The summed E-state index contributed by atoms with van der Waals surface area (Å²) in [7, 11) is 0. The number of hydrogen-bond donors (Lipinski definition) is 0. The van der Waals surface area contributed by atoms with Gasteiger partial charge in [-0.3, -0.25) is 0 Å². The first-order valence-electron chi connectivity index (χ1n) is 5.95. The van der Waals surface area contributed by atoms with E-state index in [2.05, 4.69) is 0 Å². The highest BCUT2D eigenvalue weighted by atomic mass is 19.4. The van der Waals surface area contributed by atoms with Crippen molar-refractivity contribution < 1.29 is 22.7 Å². The Kier molecular flexibility index (Phi) is 5.60. The fourth-order valence-corrected chi connectivity index (χ4v) is 1.31. The monoisotopic (exact) mass is 272 g/mol. The molecule has 19 heavy (non-hydrogen) atoms. The van der Waals surface area contributed by atoms with Crippen molar-refractivity contribution in [2.45, 2.75) is 25.9 Å². The number of unbranched alkanes of at least 4 members (excludes halogenated alkanes) is 1. The van der Waals surface area contributed by atoms with Gasteiger partial charge >= 0.3 is 12.1 Å². The molecule has 0 radical (unpaired) electrons. The molecule has 0 saturated heterocycles. The Hall–Kier alpha value is -1.78. The molecule has 0 atom stereocenters. The van der Waals surface area contributed by atoms with Gasteiger partial charge in [0.05, 0.1) is 12.2 Å². The molecule has 0 N–H and O–H groups in total. The summed E-state index contributed by atoms with van der Waals surface area (Å²) in [6.07, 6.45) is 0.00374. The standard InChI is InChI=1S/C14H15F3O2/c1-2-3-10-19-13(18)9-6-11-4-7-12(8-5-11)14(15,16)17/h4-9H,2-3,10H2,1H3. The Morgan fingerprint density at radius 1 is 1.26 bits per heavy atom. The van der Waals surface area contributed by atoms with Crippen LogP contribution >= 0.6 is 0 Å². The van der Waals surface area contributed by atoms with Gasteiger partial charge in [0.2, 0.25) is 0 Å². The van der Waals surface area contributed by atoms with Crippen LogP contribution in [0.2, 0.25) is 0 Å². The van der Waals surface area contributed by atoms with Crippen molar-refractivity contribution in [2.75, 3.05) is 6.61 Å². The van der Waals surface area contributed by atoms with Crippen LogP contribution in [0.4, 0.5) is 13.2 Å². The van der Waals surface area contributed by atoms with Gasteiger partial charge in [-0.15, -0.1) is 0 Å². The maximum Gasteiger partial charge on any atom is 0.416 e. The lowest BCUT2D eigenvalue weighted by Gasteiger charge is -2.05. The number of carbonyl (C=O) groups is 1. The van der Waals surface area contributed by atoms with Crippen molar-refractivity contribution in [3.05, 3.63) is 41.5 Å². The van der Waals surface area contributed by atoms with Gasteiger partial charge in [0, 0.05) is 6.08 Å². The van der Waals surface area contributed by atoms with Crippen molar-refractivity contribution in [3.8, 4) is 0 Å². The predicted octanol–water partition coefficient (Wildman–Crippen LogP) is 4.06. The number of benzene rings is 1. The molecule has 0 aromatic heterocycles. The predicted molar refractivity (Wildman–Crippen MR) is 66.3 cm³/mol. The highest BCUT2D eigenvalue weighted by molar-refractivity contribution is 5.87. The van der Waals surface area contributed by atoms with Gasteiger partial charge in [-0.05, 0) is 30.2 Å². The van der Waals surface area contributed by atoms with Crippen LogP contribution in [0, 0.1) is 0 Å². The van der Waals surface area contributed by atoms with E-state index in [0.717, 1.165) is 25.0 Å². The fourth-order valence-electron chi connectivity index (χ4n) is 1.31. The molecular formula is C14H15F3O2. The zero-order valence-corrected chi connectivity index (χ0v) is 10.5. The van der Waals surface area contributed by atoms with E-state index in [-0.39, 0.29) is 0 Å². The minimum Gasteiger partial charge on any atom is -0.463 e. The van der Waals surface area contributed by atoms with Crippen molar-refractivity contribution in [1.82, 2.24) is 0 Å². The normalized spacial score (nSPS) is 11.8. The molecule has 5 heteroatoms. The molecule has 0 fully saturated rings. The molecule has 0 bridgehead atoms. The van der Waals surface area contributed by atoms with E-state index in [9.17, 15) is 18.0 Å². The summed E-state index contributed by atoms with van der Waals surface area (Å²) in [6.45, 7) is 2.33. The first kappa shape index (κ1) is 15.3. The summed E-state index contributed by atoms with van der Waals surface area (Å²) in [5.74, 6) is -0.492.